The van der Waals surface area contributed by atoms with Crippen molar-refractivity contribution in [3.63, 3.8) is 0 Å². The third-order valence-electron chi connectivity index (χ3n) is 6.07. The number of anilines is 1. The number of nitrogens with zero attached hydrogens (tertiary/aromatic N) is 2. The van der Waals surface area contributed by atoms with Crippen LogP contribution in [0.4, 0.5) is 10.5 Å². The molecule has 0 radical (unpaired) electrons. The smallest absolute Gasteiger partial charge is 0.338 e. The summed E-state index contributed by atoms with van der Waals surface area (Å²) in [4.78, 5) is 39.1. The quantitative estimate of drug-likeness (QED) is 0.441. The van der Waals surface area contributed by atoms with Crippen molar-refractivity contribution in [2.75, 3.05) is 11.9 Å². The number of rotatable bonds is 7. The average Bonchev–Trinajstić information content (AvgIpc) is 2.89. The maximum Gasteiger partial charge on any atom is 0.338 e. The van der Waals surface area contributed by atoms with E-state index in [2.05, 4.69) is 5.32 Å². The first-order valence-electron chi connectivity index (χ1n) is 12.4. The molecule has 204 valence electrons. The SMILES string of the molecule is CN1C(=O)N(Cc2ccc(CC(=O)OC(C)(C)C)cc2)S(=O)(=O)c2cc(C(=O)NCc3ccccc3)ccc21. The Balaban J connectivity index is 1.52. The summed E-state index contributed by atoms with van der Waals surface area (Å²) in [7, 11) is -2.76. The van der Waals surface area contributed by atoms with Gasteiger partial charge >= 0.3 is 12.0 Å². The van der Waals surface area contributed by atoms with Gasteiger partial charge in [0.05, 0.1) is 18.7 Å². The molecular weight excluding hydrogens is 518 g/mol. The number of ether oxygens (including phenoxy) is 1. The van der Waals surface area contributed by atoms with Gasteiger partial charge in [-0.25, -0.2) is 17.5 Å². The second kappa shape index (κ2) is 10.9. The van der Waals surface area contributed by atoms with Crippen LogP contribution in [0.1, 0.15) is 47.8 Å². The molecule has 1 N–H and O–H groups in total. The van der Waals surface area contributed by atoms with Crippen LogP contribution in [0, 0.1) is 0 Å². The molecule has 0 atom stereocenters. The highest BCUT2D eigenvalue weighted by atomic mass is 32.2. The van der Waals surface area contributed by atoms with E-state index in [0.717, 1.165) is 9.87 Å². The predicted octanol–water partition coefficient (Wildman–Crippen LogP) is 4.26. The van der Waals surface area contributed by atoms with Crippen molar-refractivity contribution in [2.24, 2.45) is 0 Å². The molecule has 0 fully saturated rings. The zero-order chi connectivity index (χ0) is 28.4. The number of carbonyl (C=O) groups is 3. The maximum absolute atomic E-state index is 13.5. The summed E-state index contributed by atoms with van der Waals surface area (Å²) in [6.45, 7) is 5.46. The van der Waals surface area contributed by atoms with Gasteiger partial charge in [-0.05, 0) is 55.7 Å². The molecule has 1 aliphatic rings. The molecule has 39 heavy (non-hydrogen) atoms. The van der Waals surface area contributed by atoms with Crippen LogP contribution >= 0.6 is 0 Å². The molecule has 0 saturated carbocycles. The Morgan fingerprint density at radius 3 is 2.18 bits per heavy atom. The Kier molecular flexibility index (Phi) is 7.78. The van der Waals surface area contributed by atoms with Gasteiger partial charge in [-0.3, -0.25) is 14.5 Å². The highest BCUT2D eigenvalue weighted by Gasteiger charge is 2.40. The molecule has 10 heteroatoms. The van der Waals surface area contributed by atoms with Gasteiger partial charge in [0.1, 0.15) is 10.5 Å². The Labute approximate surface area is 228 Å². The maximum atomic E-state index is 13.5. The van der Waals surface area contributed by atoms with Gasteiger partial charge in [-0.2, -0.15) is 0 Å². The third-order valence-corrected chi connectivity index (χ3v) is 7.81. The Morgan fingerprint density at radius 2 is 1.54 bits per heavy atom. The molecule has 0 saturated heterocycles. The number of urea groups is 1. The van der Waals surface area contributed by atoms with Gasteiger partial charge < -0.3 is 10.1 Å². The Hall–Kier alpha value is -4.18. The fraction of sp³-hybridized carbons (Fsp3) is 0.276. The summed E-state index contributed by atoms with van der Waals surface area (Å²) in [5, 5.41) is 2.79. The Bertz CT molecular complexity index is 1500. The number of hydrogen-bond acceptors (Lipinski definition) is 6. The fourth-order valence-corrected chi connectivity index (χ4v) is 5.77. The van der Waals surface area contributed by atoms with Crippen LogP contribution in [0.15, 0.2) is 77.7 Å². The highest BCUT2D eigenvalue weighted by Crippen LogP contribution is 2.35. The largest absolute Gasteiger partial charge is 0.460 e. The standard InChI is InChI=1S/C29H31N3O6S/c1-29(2,3)38-26(33)16-20-10-12-22(13-11-20)19-32-28(35)31(4)24-15-14-23(17-25(24)39(32,36)37)27(34)30-18-21-8-6-5-7-9-21/h5-15,17H,16,18-19H2,1-4H3,(H,30,34). The van der Waals surface area contributed by atoms with Crippen molar-refractivity contribution < 1.29 is 27.5 Å². The van der Waals surface area contributed by atoms with Crippen LogP contribution in [0.25, 0.3) is 0 Å². The highest BCUT2D eigenvalue weighted by molar-refractivity contribution is 7.90. The summed E-state index contributed by atoms with van der Waals surface area (Å²) in [6, 6.07) is 19.7. The zero-order valence-electron chi connectivity index (χ0n) is 22.3. The summed E-state index contributed by atoms with van der Waals surface area (Å²) in [5.74, 6) is -0.797. The molecule has 4 rings (SSSR count). The first-order chi connectivity index (χ1) is 18.3. The molecule has 3 aromatic carbocycles. The van der Waals surface area contributed by atoms with Gasteiger partial charge in [-0.15, -0.1) is 0 Å². The van der Waals surface area contributed by atoms with Crippen LogP contribution in [-0.4, -0.2) is 43.3 Å². The number of nitrogens with one attached hydrogen (secondary N) is 1. The van der Waals surface area contributed by atoms with Gasteiger partial charge in [-0.1, -0.05) is 54.6 Å². The van der Waals surface area contributed by atoms with E-state index < -0.39 is 27.6 Å². The molecule has 0 aliphatic carbocycles. The molecule has 0 unspecified atom stereocenters. The van der Waals surface area contributed by atoms with E-state index in [1.54, 1.807) is 45.0 Å². The minimum absolute atomic E-state index is 0.0731. The van der Waals surface area contributed by atoms with Crippen LogP contribution in [-0.2, 0) is 39.1 Å². The van der Waals surface area contributed by atoms with Crippen molar-refractivity contribution in [3.8, 4) is 0 Å². The number of hydrogen-bond donors (Lipinski definition) is 1. The summed E-state index contributed by atoms with van der Waals surface area (Å²) >= 11 is 0. The monoisotopic (exact) mass is 549 g/mol. The summed E-state index contributed by atoms with van der Waals surface area (Å²) < 4.78 is 33.2. The topological polar surface area (TPSA) is 113 Å². The molecule has 0 aromatic heterocycles. The van der Waals surface area contributed by atoms with Gasteiger partial charge in [0.2, 0.25) is 0 Å². The van der Waals surface area contributed by atoms with Crippen LogP contribution < -0.4 is 10.2 Å². The predicted molar refractivity (Wildman–Crippen MR) is 147 cm³/mol. The van der Waals surface area contributed by atoms with Crippen molar-refractivity contribution in [3.05, 3.63) is 95.1 Å². The number of carbonyl (C=O) groups excluding carboxylic acids is 3. The minimum Gasteiger partial charge on any atom is -0.460 e. The number of sulfonamides is 1. The van der Waals surface area contributed by atoms with E-state index in [-0.39, 0.29) is 41.6 Å². The lowest BCUT2D eigenvalue weighted by atomic mass is 10.1. The second-order valence-electron chi connectivity index (χ2n) is 10.3. The molecule has 0 bridgehead atoms. The minimum atomic E-state index is -4.25. The lowest BCUT2D eigenvalue weighted by molar-refractivity contribution is -0.153. The molecule has 3 amide bonds. The van der Waals surface area contributed by atoms with Crippen molar-refractivity contribution in [1.82, 2.24) is 9.62 Å². The zero-order valence-corrected chi connectivity index (χ0v) is 23.1. The van der Waals surface area contributed by atoms with Gasteiger partial charge in [0, 0.05) is 19.2 Å². The number of esters is 1. The first kappa shape index (κ1) is 27.8. The third kappa shape index (κ3) is 6.46. The summed E-state index contributed by atoms with van der Waals surface area (Å²) in [6.07, 6.45) is 0.0731. The molecular formula is C29H31N3O6S. The van der Waals surface area contributed by atoms with Crippen LogP contribution in [0.3, 0.4) is 0 Å². The molecule has 1 heterocycles. The van der Waals surface area contributed by atoms with Crippen LogP contribution in [0.2, 0.25) is 0 Å². The number of amides is 3. The van der Waals surface area contributed by atoms with Gasteiger partial charge in [0.25, 0.3) is 15.9 Å². The van der Waals surface area contributed by atoms with Gasteiger partial charge in [0.15, 0.2) is 0 Å². The molecule has 0 spiro atoms. The van der Waals surface area contributed by atoms with E-state index in [0.29, 0.717) is 11.1 Å². The van der Waals surface area contributed by atoms with Crippen molar-refractivity contribution >= 4 is 33.6 Å². The van der Waals surface area contributed by atoms with Crippen molar-refractivity contribution in [1.29, 1.82) is 0 Å². The lowest BCUT2D eigenvalue weighted by Gasteiger charge is -2.34. The first-order valence-corrected chi connectivity index (χ1v) is 13.9. The van der Waals surface area contributed by atoms with E-state index in [4.69, 9.17) is 4.74 Å². The molecule has 9 nitrogen and oxygen atoms in total. The van der Waals surface area contributed by atoms with Crippen LogP contribution in [0.5, 0.6) is 0 Å². The van der Waals surface area contributed by atoms with E-state index >= 15 is 0 Å². The van der Waals surface area contributed by atoms with E-state index in [9.17, 15) is 22.8 Å². The molecule has 1 aliphatic heterocycles. The number of benzene rings is 3. The normalized spacial score (nSPS) is 14.5. The summed E-state index contributed by atoms with van der Waals surface area (Å²) in [5.41, 5.74) is 1.95. The lowest BCUT2D eigenvalue weighted by Crippen LogP contribution is -2.48. The van der Waals surface area contributed by atoms with E-state index in [1.165, 1.54) is 30.1 Å². The van der Waals surface area contributed by atoms with Crippen molar-refractivity contribution in [2.45, 2.75) is 50.8 Å². The Morgan fingerprint density at radius 1 is 0.897 bits per heavy atom. The number of fused-ring (bicyclic) bond motifs is 1. The fourth-order valence-electron chi connectivity index (χ4n) is 4.14. The molecule has 3 aromatic rings. The second-order valence-corrected chi connectivity index (χ2v) is 12.1. The van der Waals surface area contributed by atoms with E-state index in [1.807, 2.05) is 30.3 Å². The average molecular weight is 550 g/mol.